The predicted molar refractivity (Wildman–Crippen MR) is 93.5 cm³/mol. The molecular formula is C16H13ClN4O2S. The Kier molecular flexibility index (Phi) is 5.02. The molecule has 0 saturated carbocycles. The van der Waals surface area contributed by atoms with Crippen molar-refractivity contribution in [1.29, 1.82) is 0 Å². The first-order chi connectivity index (χ1) is 11.6. The van der Waals surface area contributed by atoms with Crippen molar-refractivity contribution in [1.82, 2.24) is 15.0 Å². The van der Waals surface area contributed by atoms with E-state index in [1.807, 2.05) is 19.1 Å². The van der Waals surface area contributed by atoms with Crippen LogP contribution in [0.3, 0.4) is 0 Å². The molecule has 0 spiro atoms. The van der Waals surface area contributed by atoms with Gasteiger partial charge in [0.25, 0.3) is 5.91 Å². The molecular weight excluding hydrogens is 348 g/mol. The number of carbonyl (C=O) groups excluding carboxylic acids is 1. The average Bonchev–Trinajstić information content (AvgIpc) is 3.06. The van der Waals surface area contributed by atoms with Crippen LogP contribution in [0.25, 0.3) is 11.4 Å². The number of nitrogens with zero attached hydrogens (tertiary/aromatic N) is 3. The van der Waals surface area contributed by atoms with Gasteiger partial charge in [-0.25, -0.2) is 9.97 Å². The standard InChI is InChI=1S/C16H13ClN4O2S/c1-10-8-14(23-9-13(22)20-16-18-6-7-24-16)21-15(19-10)11-2-4-12(17)5-3-11/h2-8H,9H2,1H3,(H,18,20,22). The molecule has 6 nitrogen and oxygen atoms in total. The number of ether oxygens (including phenoxy) is 1. The van der Waals surface area contributed by atoms with Crippen LogP contribution in [0.5, 0.6) is 5.88 Å². The highest BCUT2D eigenvalue weighted by atomic mass is 35.5. The summed E-state index contributed by atoms with van der Waals surface area (Å²) in [5.74, 6) is 0.554. The van der Waals surface area contributed by atoms with Crippen molar-refractivity contribution >= 4 is 34.0 Å². The van der Waals surface area contributed by atoms with Crippen molar-refractivity contribution in [3.8, 4) is 17.3 Å². The van der Waals surface area contributed by atoms with Crippen LogP contribution in [0, 0.1) is 6.92 Å². The number of amides is 1. The van der Waals surface area contributed by atoms with E-state index in [1.165, 1.54) is 11.3 Å². The van der Waals surface area contributed by atoms with Crippen molar-refractivity contribution in [2.24, 2.45) is 0 Å². The van der Waals surface area contributed by atoms with E-state index >= 15 is 0 Å². The molecule has 3 rings (SSSR count). The van der Waals surface area contributed by atoms with E-state index in [0.717, 1.165) is 11.3 Å². The third-order valence-electron chi connectivity index (χ3n) is 2.96. The molecule has 24 heavy (non-hydrogen) atoms. The largest absolute Gasteiger partial charge is 0.467 e. The highest BCUT2D eigenvalue weighted by Gasteiger charge is 2.09. The lowest BCUT2D eigenvalue weighted by molar-refractivity contribution is -0.118. The number of anilines is 1. The normalized spacial score (nSPS) is 10.4. The summed E-state index contributed by atoms with van der Waals surface area (Å²) in [6.45, 7) is 1.68. The molecule has 0 aliphatic rings. The first-order valence-electron chi connectivity index (χ1n) is 7.04. The Bertz CT molecular complexity index is 838. The first kappa shape index (κ1) is 16.4. The molecule has 0 aliphatic carbocycles. The molecule has 1 N–H and O–H groups in total. The molecule has 0 atom stereocenters. The molecule has 1 amide bonds. The number of halogens is 1. The summed E-state index contributed by atoms with van der Waals surface area (Å²) in [7, 11) is 0. The zero-order valence-corrected chi connectivity index (χ0v) is 14.3. The van der Waals surface area contributed by atoms with Gasteiger partial charge in [-0.15, -0.1) is 11.3 Å². The van der Waals surface area contributed by atoms with Crippen molar-refractivity contribution in [2.75, 3.05) is 11.9 Å². The van der Waals surface area contributed by atoms with Gasteiger partial charge in [0.1, 0.15) is 0 Å². The lowest BCUT2D eigenvalue weighted by atomic mass is 10.2. The van der Waals surface area contributed by atoms with Crippen LogP contribution < -0.4 is 10.1 Å². The van der Waals surface area contributed by atoms with Crippen molar-refractivity contribution in [2.45, 2.75) is 6.92 Å². The van der Waals surface area contributed by atoms with Gasteiger partial charge in [-0.3, -0.25) is 10.1 Å². The fraction of sp³-hybridized carbons (Fsp3) is 0.125. The highest BCUT2D eigenvalue weighted by Crippen LogP contribution is 2.21. The van der Waals surface area contributed by atoms with Crippen LogP contribution >= 0.6 is 22.9 Å². The number of hydrogen-bond donors (Lipinski definition) is 1. The molecule has 2 aromatic heterocycles. The Labute approximate surface area is 147 Å². The molecule has 0 unspecified atom stereocenters. The molecule has 0 saturated heterocycles. The van der Waals surface area contributed by atoms with Gasteiger partial charge in [0.2, 0.25) is 5.88 Å². The molecule has 0 radical (unpaired) electrons. The minimum Gasteiger partial charge on any atom is -0.467 e. The van der Waals surface area contributed by atoms with Crippen molar-refractivity contribution < 1.29 is 9.53 Å². The summed E-state index contributed by atoms with van der Waals surface area (Å²) in [6, 6.07) is 8.87. The van der Waals surface area contributed by atoms with E-state index in [-0.39, 0.29) is 12.5 Å². The summed E-state index contributed by atoms with van der Waals surface area (Å²) in [6.07, 6.45) is 1.62. The fourth-order valence-electron chi connectivity index (χ4n) is 1.92. The molecule has 2 heterocycles. The Morgan fingerprint density at radius 2 is 2.08 bits per heavy atom. The monoisotopic (exact) mass is 360 g/mol. The number of hydrogen-bond acceptors (Lipinski definition) is 6. The van der Waals surface area contributed by atoms with Crippen LogP contribution in [0.15, 0.2) is 41.9 Å². The van der Waals surface area contributed by atoms with Gasteiger partial charge in [-0.2, -0.15) is 4.98 Å². The summed E-state index contributed by atoms with van der Waals surface area (Å²) in [5, 5.41) is 5.60. The smallest absolute Gasteiger partial charge is 0.264 e. The van der Waals surface area contributed by atoms with E-state index < -0.39 is 0 Å². The molecule has 122 valence electrons. The number of carbonyl (C=O) groups is 1. The number of thiazole rings is 1. The molecule has 8 heteroatoms. The maximum Gasteiger partial charge on any atom is 0.264 e. The van der Waals surface area contributed by atoms with Gasteiger partial charge in [0, 0.05) is 33.9 Å². The van der Waals surface area contributed by atoms with Gasteiger partial charge >= 0.3 is 0 Å². The number of benzene rings is 1. The summed E-state index contributed by atoms with van der Waals surface area (Å²) >= 11 is 7.23. The lowest BCUT2D eigenvalue weighted by Gasteiger charge is -2.08. The van der Waals surface area contributed by atoms with E-state index in [2.05, 4.69) is 20.3 Å². The van der Waals surface area contributed by atoms with Crippen molar-refractivity contribution in [3.05, 3.63) is 52.6 Å². The van der Waals surface area contributed by atoms with Crippen LogP contribution in [-0.2, 0) is 4.79 Å². The number of aromatic nitrogens is 3. The van der Waals surface area contributed by atoms with E-state index in [1.54, 1.807) is 29.8 Å². The Balaban J connectivity index is 1.69. The molecule has 3 aromatic rings. The van der Waals surface area contributed by atoms with Crippen LogP contribution in [0.4, 0.5) is 5.13 Å². The van der Waals surface area contributed by atoms with Gasteiger partial charge in [0.05, 0.1) is 0 Å². The third-order valence-corrected chi connectivity index (χ3v) is 3.90. The van der Waals surface area contributed by atoms with E-state index in [0.29, 0.717) is 21.9 Å². The number of rotatable bonds is 5. The summed E-state index contributed by atoms with van der Waals surface area (Å²) in [4.78, 5) is 24.5. The maximum atomic E-state index is 11.8. The topological polar surface area (TPSA) is 77.0 Å². The second-order valence-electron chi connectivity index (χ2n) is 4.85. The number of aryl methyl sites for hydroxylation is 1. The van der Waals surface area contributed by atoms with Gasteiger partial charge in [-0.05, 0) is 31.2 Å². The SMILES string of the molecule is Cc1cc(OCC(=O)Nc2nccs2)nc(-c2ccc(Cl)cc2)n1. The summed E-state index contributed by atoms with van der Waals surface area (Å²) in [5.41, 5.74) is 1.56. The minimum absolute atomic E-state index is 0.157. The quantitative estimate of drug-likeness (QED) is 0.752. The van der Waals surface area contributed by atoms with Gasteiger partial charge < -0.3 is 4.74 Å². The third kappa shape index (κ3) is 4.27. The molecule has 0 aliphatic heterocycles. The fourth-order valence-corrected chi connectivity index (χ4v) is 2.59. The van der Waals surface area contributed by atoms with Crippen LogP contribution in [-0.4, -0.2) is 27.5 Å². The molecule has 0 fully saturated rings. The van der Waals surface area contributed by atoms with Gasteiger partial charge in [0.15, 0.2) is 17.6 Å². The average molecular weight is 361 g/mol. The Morgan fingerprint density at radius 3 is 2.79 bits per heavy atom. The zero-order chi connectivity index (χ0) is 16.9. The van der Waals surface area contributed by atoms with Crippen LogP contribution in [0.2, 0.25) is 5.02 Å². The van der Waals surface area contributed by atoms with Crippen molar-refractivity contribution in [3.63, 3.8) is 0 Å². The maximum absolute atomic E-state index is 11.8. The zero-order valence-electron chi connectivity index (χ0n) is 12.7. The highest BCUT2D eigenvalue weighted by molar-refractivity contribution is 7.13. The minimum atomic E-state index is -0.297. The van der Waals surface area contributed by atoms with E-state index in [9.17, 15) is 4.79 Å². The first-order valence-corrected chi connectivity index (χ1v) is 8.30. The molecule has 0 bridgehead atoms. The lowest BCUT2D eigenvalue weighted by Crippen LogP contribution is -2.20. The Hall–Kier alpha value is -2.51. The second kappa shape index (κ2) is 7.37. The predicted octanol–water partition coefficient (Wildman–Crippen LogP) is 3.58. The Morgan fingerprint density at radius 1 is 1.29 bits per heavy atom. The van der Waals surface area contributed by atoms with E-state index in [4.69, 9.17) is 16.3 Å². The number of nitrogens with one attached hydrogen (secondary N) is 1. The summed E-state index contributed by atoms with van der Waals surface area (Å²) < 4.78 is 5.47. The van der Waals surface area contributed by atoms with Gasteiger partial charge in [-0.1, -0.05) is 11.6 Å². The van der Waals surface area contributed by atoms with Crippen LogP contribution in [0.1, 0.15) is 5.69 Å². The molecule has 1 aromatic carbocycles. The second-order valence-corrected chi connectivity index (χ2v) is 6.18.